The number of hydrogen-bond donors (Lipinski definition) is 0. The maximum Gasteiger partial charge on any atom is 0.257 e. The van der Waals surface area contributed by atoms with Crippen LogP contribution in [0, 0.1) is 5.92 Å². The molecule has 0 aliphatic carbocycles. The van der Waals surface area contributed by atoms with Gasteiger partial charge in [-0.2, -0.15) is 5.10 Å². The molecule has 1 saturated heterocycles. The number of aromatic nitrogens is 2. The van der Waals surface area contributed by atoms with Crippen molar-refractivity contribution >= 4 is 35.0 Å². The van der Waals surface area contributed by atoms with E-state index in [1.165, 1.54) is 0 Å². The minimum atomic E-state index is -0.0196. The van der Waals surface area contributed by atoms with Crippen molar-refractivity contribution in [2.75, 3.05) is 26.2 Å². The third-order valence-electron chi connectivity index (χ3n) is 5.52. The Labute approximate surface area is 194 Å². The molecule has 0 saturated carbocycles. The van der Waals surface area contributed by atoms with Crippen LogP contribution in [0.15, 0.2) is 18.2 Å². The highest BCUT2D eigenvalue weighted by Crippen LogP contribution is 2.31. The quantitative estimate of drug-likeness (QED) is 0.637. The molecule has 1 aromatic carbocycles. The Morgan fingerprint density at radius 3 is 2.13 bits per heavy atom. The molecule has 1 aliphatic heterocycles. The highest BCUT2D eigenvalue weighted by molar-refractivity contribution is 6.42. The van der Waals surface area contributed by atoms with Crippen LogP contribution >= 0.6 is 23.2 Å². The van der Waals surface area contributed by atoms with E-state index >= 15 is 0 Å². The number of rotatable bonds is 5. The molecule has 1 fully saturated rings. The molecule has 1 aromatic heterocycles. The van der Waals surface area contributed by atoms with Crippen LogP contribution < -0.4 is 0 Å². The van der Waals surface area contributed by atoms with Gasteiger partial charge >= 0.3 is 0 Å². The zero-order valence-corrected chi connectivity index (χ0v) is 20.3. The Balaban J connectivity index is 2.07. The Kier molecular flexibility index (Phi) is 7.32. The second kappa shape index (κ2) is 9.61. The number of carbonyl (C=O) groups is 2. The molecule has 0 spiro atoms. The van der Waals surface area contributed by atoms with Gasteiger partial charge in [-0.1, -0.05) is 50.9 Å². The first-order valence-electron chi connectivity index (χ1n) is 10.7. The van der Waals surface area contributed by atoms with Gasteiger partial charge in [-0.15, -0.1) is 0 Å². The lowest BCUT2D eigenvalue weighted by Crippen LogP contribution is -2.50. The van der Waals surface area contributed by atoms with E-state index in [4.69, 9.17) is 28.3 Å². The molecule has 2 heterocycles. The van der Waals surface area contributed by atoms with Gasteiger partial charge < -0.3 is 9.80 Å². The standard InChI is InChI=1S/C23H30Cl2N4O2/c1-14(2)12-20-21(23(31)28-10-8-27(9-11-28)16(5)30)22(15(3)4)29(26-20)17-6-7-18(24)19(25)13-17/h6-7,13-15H,8-12H2,1-5H3. The summed E-state index contributed by atoms with van der Waals surface area (Å²) in [5.74, 6) is 0.440. The van der Waals surface area contributed by atoms with Crippen LogP contribution in [-0.2, 0) is 11.2 Å². The number of hydrogen-bond acceptors (Lipinski definition) is 3. The van der Waals surface area contributed by atoms with Gasteiger partial charge in [0.2, 0.25) is 5.91 Å². The molecule has 2 aromatic rings. The number of piperazine rings is 1. The number of benzene rings is 1. The lowest BCUT2D eigenvalue weighted by atomic mass is 9.97. The fourth-order valence-corrected chi connectivity index (χ4v) is 4.26. The van der Waals surface area contributed by atoms with Crippen molar-refractivity contribution in [1.82, 2.24) is 19.6 Å². The summed E-state index contributed by atoms with van der Waals surface area (Å²) in [6.07, 6.45) is 0.697. The predicted molar refractivity (Wildman–Crippen MR) is 124 cm³/mol. The molecule has 0 bridgehead atoms. The SMILES string of the molecule is CC(=O)N1CCN(C(=O)c2c(CC(C)C)nn(-c3ccc(Cl)c(Cl)c3)c2C(C)C)CC1. The van der Waals surface area contributed by atoms with Gasteiger partial charge in [-0.05, 0) is 36.5 Å². The van der Waals surface area contributed by atoms with Crippen LogP contribution in [0.5, 0.6) is 0 Å². The van der Waals surface area contributed by atoms with Crippen molar-refractivity contribution in [3.8, 4) is 5.69 Å². The van der Waals surface area contributed by atoms with Crippen molar-refractivity contribution in [2.45, 2.75) is 47.0 Å². The molecule has 0 unspecified atom stereocenters. The summed E-state index contributed by atoms with van der Waals surface area (Å²) in [5, 5.41) is 5.80. The molecule has 1 aliphatic rings. The molecule has 168 valence electrons. The van der Waals surface area contributed by atoms with Crippen LogP contribution in [0.25, 0.3) is 5.69 Å². The zero-order chi connectivity index (χ0) is 22.9. The van der Waals surface area contributed by atoms with E-state index in [9.17, 15) is 9.59 Å². The fraction of sp³-hybridized carbons (Fsp3) is 0.522. The van der Waals surface area contributed by atoms with Crippen molar-refractivity contribution in [3.05, 3.63) is 45.2 Å². The summed E-state index contributed by atoms with van der Waals surface area (Å²) < 4.78 is 1.84. The van der Waals surface area contributed by atoms with Gasteiger partial charge in [-0.3, -0.25) is 9.59 Å². The average Bonchev–Trinajstić information content (AvgIpc) is 3.08. The maximum atomic E-state index is 13.7. The monoisotopic (exact) mass is 464 g/mol. The number of halogens is 2. The summed E-state index contributed by atoms with van der Waals surface area (Å²) in [7, 11) is 0. The first-order chi connectivity index (χ1) is 14.6. The number of nitrogens with zero attached hydrogens (tertiary/aromatic N) is 4. The molecule has 2 amide bonds. The van der Waals surface area contributed by atoms with E-state index in [-0.39, 0.29) is 17.7 Å². The predicted octanol–water partition coefficient (Wildman–Crippen LogP) is 4.81. The van der Waals surface area contributed by atoms with Gasteiger partial charge in [0, 0.05) is 33.1 Å². The Morgan fingerprint density at radius 2 is 1.61 bits per heavy atom. The smallest absolute Gasteiger partial charge is 0.257 e. The summed E-state index contributed by atoms with van der Waals surface area (Å²) >= 11 is 12.4. The first-order valence-corrected chi connectivity index (χ1v) is 11.5. The van der Waals surface area contributed by atoms with E-state index in [1.807, 2.05) is 15.6 Å². The van der Waals surface area contributed by atoms with Gasteiger partial charge in [-0.25, -0.2) is 4.68 Å². The van der Waals surface area contributed by atoms with Crippen molar-refractivity contribution in [2.24, 2.45) is 5.92 Å². The average molecular weight is 465 g/mol. The Hall–Kier alpha value is -2.05. The van der Waals surface area contributed by atoms with Gasteiger partial charge in [0.25, 0.3) is 5.91 Å². The first kappa shape index (κ1) is 23.6. The van der Waals surface area contributed by atoms with Crippen LogP contribution in [0.1, 0.15) is 62.3 Å². The van der Waals surface area contributed by atoms with Crippen LogP contribution in [-0.4, -0.2) is 57.6 Å². The molecule has 6 nitrogen and oxygen atoms in total. The van der Waals surface area contributed by atoms with Crippen LogP contribution in [0.4, 0.5) is 0 Å². The molecule has 31 heavy (non-hydrogen) atoms. The minimum absolute atomic E-state index is 0.0196. The maximum absolute atomic E-state index is 13.7. The molecule has 0 atom stereocenters. The molecule has 8 heteroatoms. The van der Waals surface area contributed by atoms with Gasteiger partial charge in [0.05, 0.1) is 32.7 Å². The largest absolute Gasteiger partial charge is 0.339 e. The number of carbonyl (C=O) groups excluding carboxylic acids is 2. The second-order valence-corrected chi connectivity index (χ2v) is 9.58. The van der Waals surface area contributed by atoms with E-state index in [0.29, 0.717) is 54.1 Å². The van der Waals surface area contributed by atoms with Crippen molar-refractivity contribution in [3.63, 3.8) is 0 Å². The van der Waals surface area contributed by atoms with E-state index < -0.39 is 0 Å². The normalized spacial score (nSPS) is 14.6. The molecule has 0 N–H and O–H groups in total. The van der Waals surface area contributed by atoms with Crippen molar-refractivity contribution < 1.29 is 9.59 Å². The third-order valence-corrected chi connectivity index (χ3v) is 6.25. The van der Waals surface area contributed by atoms with Crippen LogP contribution in [0.2, 0.25) is 10.0 Å². The third kappa shape index (κ3) is 5.07. The summed E-state index contributed by atoms with van der Waals surface area (Å²) in [5.41, 5.74) is 3.12. The second-order valence-electron chi connectivity index (χ2n) is 8.77. The summed E-state index contributed by atoms with van der Waals surface area (Å²) in [6, 6.07) is 5.39. The lowest BCUT2D eigenvalue weighted by Gasteiger charge is -2.34. The summed E-state index contributed by atoms with van der Waals surface area (Å²) in [6.45, 7) is 12.1. The van der Waals surface area contributed by atoms with Crippen LogP contribution in [0.3, 0.4) is 0 Å². The van der Waals surface area contributed by atoms with E-state index in [0.717, 1.165) is 17.1 Å². The molecule has 3 rings (SSSR count). The highest BCUT2D eigenvalue weighted by atomic mass is 35.5. The topological polar surface area (TPSA) is 58.4 Å². The Bertz CT molecular complexity index is 976. The minimum Gasteiger partial charge on any atom is -0.339 e. The van der Waals surface area contributed by atoms with E-state index in [2.05, 4.69) is 27.7 Å². The number of amides is 2. The molecular formula is C23H30Cl2N4O2. The molecular weight excluding hydrogens is 435 g/mol. The molecule has 0 radical (unpaired) electrons. The fourth-order valence-electron chi connectivity index (χ4n) is 3.97. The lowest BCUT2D eigenvalue weighted by molar-refractivity contribution is -0.130. The van der Waals surface area contributed by atoms with Crippen molar-refractivity contribution in [1.29, 1.82) is 0 Å². The van der Waals surface area contributed by atoms with Gasteiger partial charge in [0.1, 0.15) is 0 Å². The highest BCUT2D eigenvalue weighted by Gasteiger charge is 2.31. The Morgan fingerprint density at radius 1 is 1.00 bits per heavy atom. The zero-order valence-electron chi connectivity index (χ0n) is 18.8. The van der Waals surface area contributed by atoms with Gasteiger partial charge in [0.15, 0.2) is 0 Å². The van der Waals surface area contributed by atoms with E-state index in [1.54, 1.807) is 24.0 Å². The summed E-state index contributed by atoms with van der Waals surface area (Å²) in [4.78, 5) is 29.0.